The van der Waals surface area contributed by atoms with Crippen molar-refractivity contribution in [1.29, 1.82) is 0 Å². The smallest absolute Gasteiger partial charge is 0.265 e. The van der Waals surface area contributed by atoms with Crippen molar-refractivity contribution in [1.82, 2.24) is 0 Å². The van der Waals surface area contributed by atoms with Crippen LogP contribution in [-0.4, -0.2) is 12.0 Å². The van der Waals surface area contributed by atoms with E-state index in [1.807, 2.05) is 62.4 Å². The second-order valence-electron chi connectivity index (χ2n) is 6.01. The summed E-state index contributed by atoms with van der Waals surface area (Å²) in [7, 11) is 0. The molecule has 1 amide bonds. The van der Waals surface area contributed by atoms with Gasteiger partial charge < -0.3 is 10.1 Å². The number of rotatable bonds is 6. The number of ether oxygens (including phenoxy) is 1. The fourth-order valence-corrected chi connectivity index (χ4v) is 2.49. The van der Waals surface area contributed by atoms with Gasteiger partial charge in [0.2, 0.25) is 0 Å². The highest BCUT2D eigenvalue weighted by atomic mass is 16.5. The first-order chi connectivity index (χ1) is 11.0. The average molecular weight is 311 g/mol. The number of para-hydroxylation sites is 2. The van der Waals surface area contributed by atoms with Crippen molar-refractivity contribution < 1.29 is 9.53 Å². The molecule has 0 heterocycles. The van der Waals surface area contributed by atoms with Gasteiger partial charge in [-0.05, 0) is 42.5 Å². The summed E-state index contributed by atoms with van der Waals surface area (Å²) < 4.78 is 5.92. The second kappa shape index (κ2) is 7.82. The predicted molar refractivity (Wildman–Crippen MR) is 95.0 cm³/mol. The van der Waals surface area contributed by atoms with Crippen molar-refractivity contribution in [2.75, 3.05) is 5.32 Å². The molecule has 2 aromatic carbocycles. The Bertz CT molecular complexity index is 664. The molecular weight excluding hydrogens is 286 g/mol. The van der Waals surface area contributed by atoms with E-state index in [0.29, 0.717) is 12.3 Å². The van der Waals surface area contributed by atoms with Gasteiger partial charge in [0, 0.05) is 5.69 Å². The van der Waals surface area contributed by atoms with Crippen molar-refractivity contribution in [3.63, 3.8) is 0 Å². The quantitative estimate of drug-likeness (QED) is 0.822. The van der Waals surface area contributed by atoms with E-state index in [4.69, 9.17) is 4.74 Å². The van der Waals surface area contributed by atoms with E-state index in [-0.39, 0.29) is 5.91 Å². The molecule has 0 saturated heterocycles. The zero-order chi connectivity index (χ0) is 16.8. The van der Waals surface area contributed by atoms with E-state index >= 15 is 0 Å². The first kappa shape index (κ1) is 17.1. The summed E-state index contributed by atoms with van der Waals surface area (Å²) in [5, 5.41) is 3.02. The van der Waals surface area contributed by atoms with Crippen molar-refractivity contribution in [2.24, 2.45) is 0 Å². The summed E-state index contributed by atoms with van der Waals surface area (Å²) in [4.78, 5) is 12.6. The second-order valence-corrected chi connectivity index (χ2v) is 6.01. The van der Waals surface area contributed by atoms with Crippen molar-refractivity contribution >= 4 is 11.6 Å². The first-order valence-corrected chi connectivity index (χ1v) is 8.15. The Labute approximate surface area is 138 Å². The van der Waals surface area contributed by atoms with E-state index in [1.165, 1.54) is 0 Å². The fraction of sp³-hybridized carbons (Fsp3) is 0.350. The summed E-state index contributed by atoms with van der Waals surface area (Å²) in [6, 6.07) is 15.7. The standard InChI is InChI=1S/C20H25NO2/c1-5-18(23-19-13-9-6-10-15(19)4)20(22)21-17-12-8-7-11-16(17)14(2)3/h6-14,18H,5H2,1-4H3,(H,21,22)/t18-/m1/s1. The number of nitrogens with one attached hydrogen (secondary N) is 1. The van der Waals surface area contributed by atoms with E-state index in [1.54, 1.807) is 0 Å². The lowest BCUT2D eigenvalue weighted by Gasteiger charge is -2.20. The summed E-state index contributed by atoms with van der Waals surface area (Å²) in [6.45, 7) is 8.17. The summed E-state index contributed by atoms with van der Waals surface area (Å²) >= 11 is 0. The van der Waals surface area contributed by atoms with E-state index in [2.05, 4.69) is 19.2 Å². The van der Waals surface area contributed by atoms with Crippen LogP contribution in [0.5, 0.6) is 5.75 Å². The molecule has 0 bridgehead atoms. The molecule has 0 aliphatic rings. The van der Waals surface area contributed by atoms with Gasteiger partial charge >= 0.3 is 0 Å². The Morgan fingerprint density at radius 2 is 1.74 bits per heavy atom. The number of benzene rings is 2. The van der Waals surface area contributed by atoms with E-state index in [9.17, 15) is 4.79 Å². The van der Waals surface area contributed by atoms with Gasteiger partial charge in [-0.25, -0.2) is 0 Å². The zero-order valence-electron chi connectivity index (χ0n) is 14.3. The van der Waals surface area contributed by atoms with Gasteiger partial charge in [-0.15, -0.1) is 0 Å². The Morgan fingerprint density at radius 1 is 1.09 bits per heavy atom. The minimum Gasteiger partial charge on any atom is -0.480 e. The van der Waals surface area contributed by atoms with Crippen LogP contribution in [0, 0.1) is 6.92 Å². The summed E-state index contributed by atoms with van der Waals surface area (Å²) in [6.07, 6.45) is 0.112. The number of carbonyl (C=O) groups excluding carboxylic acids is 1. The fourth-order valence-electron chi connectivity index (χ4n) is 2.49. The molecular formula is C20H25NO2. The summed E-state index contributed by atoms with van der Waals surface area (Å²) in [5.41, 5.74) is 3.02. The SMILES string of the molecule is CC[C@@H](Oc1ccccc1C)C(=O)Nc1ccccc1C(C)C. The lowest BCUT2D eigenvalue weighted by Crippen LogP contribution is -2.32. The van der Waals surface area contributed by atoms with Crippen LogP contribution in [0.15, 0.2) is 48.5 Å². The van der Waals surface area contributed by atoms with E-state index in [0.717, 1.165) is 22.6 Å². The van der Waals surface area contributed by atoms with Gasteiger partial charge in [0.1, 0.15) is 5.75 Å². The molecule has 0 aliphatic heterocycles. The monoisotopic (exact) mass is 311 g/mol. The normalized spacial score (nSPS) is 12.0. The number of aryl methyl sites for hydroxylation is 1. The molecule has 122 valence electrons. The predicted octanol–water partition coefficient (Wildman–Crippen LogP) is 4.91. The minimum absolute atomic E-state index is 0.108. The molecule has 0 saturated carbocycles. The molecule has 1 atom stereocenters. The molecule has 0 aromatic heterocycles. The van der Waals surface area contributed by atoms with Crippen molar-refractivity contribution in [3.05, 3.63) is 59.7 Å². The Morgan fingerprint density at radius 3 is 2.39 bits per heavy atom. The van der Waals surface area contributed by atoms with Crippen LogP contribution in [0.25, 0.3) is 0 Å². The first-order valence-electron chi connectivity index (χ1n) is 8.15. The van der Waals surface area contributed by atoms with Gasteiger partial charge in [-0.3, -0.25) is 4.79 Å². The van der Waals surface area contributed by atoms with Crippen LogP contribution in [0.4, 0.5) is 5.69 Å². The number of hydrogen-bond acceptors (Lipinski definition) is 2. The molecule has 3 nitrogen and oxygen atoms in total. The number of anilines is 1. The molecule has 0 fully saturated rings. The Kier molecular flexibility index (Phi) is 5.80. The highest BCUT2D eigenvalue weighted by Gasteiger charge is 2.20. The van der Waals surface area contributed by atoms with Gasteiger partial charge in [-0.1, -0.05) is 57.2 Å². The van der Waals surface area contributed by atoms with Crippen LogP contribution in [-0.2, 0) is 4.79 Å². The lowest BCUT2D eigenvalue weighted by atomic mass is 10.0. The maximum atomic E-state index is 12.6. The third-order valence-corrected chi connectivity index (χ3v) is 3.87. The highest BCUT2D eigenvalue weighted by Crippen LogP contribution is 2.25. The van der Waals surface area contributed by atoms with Crippen LogP contribution >= 0.6 is 0 Å². The molecule has 0 aliphatic carbocycles. The molecule has 0 radical (unpaired) electrons. The molecule has 0 spiro atoms. The highest BCUT2D eigenvalue weighted by molar-refractivity contribution is 5.95. The zero-order valence-corrected chi connectivity index (χ0v) is 14.3. The Balaban J connectivity index is 2.14. The molecule has 2 aromatic rings. The molecule has 3 heteroatoms. The van der Waals surface area contributed by atoms with Crippen molar-refractivity contribution in [2.45, 2.75) is 46.1 Å². The average Bonchev–Trinajstić information content (AvgIpc) is 2.54. The number of hydrogen-bond donors (Lipinski definition) is 1. The van der Waals surface area contributed by atoms with Crippen molar-refractivity contribution in [3.8, 4) is 5.75 Å². The van der Waals surface area contributed by atoms with Crippen LogP contribution < -0.4 is 10.1 Å². The lowest BCUT2D eigenvalue weighted by molar-refractivity contribution is -0.122. The van der Waals surface area contributed by atoms with Gasteiger partial charge in [-0.2, -0.15) is 0 Å². The third kappa shape index (κ3) is 4.35. The summed E-state index contributed by atoms with van der Waals surface area (Å²) in [5.74, 6) is 0.999. The van der Waals surface area contributed by atoms with Crippen LogP contribution in [0.1, 0.15) is 44.2 Å². The molecule has 23 heavy (non-hydrogen) atoms. The largest absolute Gasteiger partial charge is 0.480 e. The Hall–Kier alpha value is -2.29. The van der Waals surface area contributed by atoms with Gasteiger partial charge in [0.15, 0.2) is 6.10 Å². The number of carbonyl (C=O) groups is 1. The van der Waals surface area contributed by atoms with Gasteiger partial charge in [0.05, 0.1) is 0 Å². The maximum absolute atomic E-state index is 12.6. The number of amides is 1. The third-order valence-electron chi connectivity index (χ3n) is 3.87. The van der Waals surface area contributed by atoms with E-state index < -0.39 is 6.10 Å². The molecule has 2 rings (SSSR count). The molecule has 1 N–H and O–H groups in total. The minimum atomic E-state index is -0.503. The topological polar surface area (TPSA) is 38.3 Å². The van der Waals surface area contributed by atoms with Crippen LogP contribution in [0.2, 0.25) is 0 Å². The maximum Gasteiger partial charge on any atom is 0.265 e. The molecule has 0 unspecified atom stereocenters. The van der Waals surface area contributed by atoms with Crippen LogP contribution in [0.3, 0.4) is 0 Å². The van der Waals surface area contributed by atoms with Gasteiger partial charge in [0.25, 0.3) is 5.91 Å².